The van der Waals surface area contributed by atoms with Crippen LogP contribution in [0.25, 0.3) is 11.1 Å². The second-order valence-electron chi connectivity index (χ2n) is 9.17. The molecular formula is C27H32N2O5. The van der Waals surface area contributed by atoms with Gasteiger partial charge in [0, 0.05) is 18.4 Å². The van der Waals surface area contributed by atoms with Crippen molar-refractivity contribution >= 4 is 18.0 Å². The van der Waals surface area contributed by atoms with E-state index in [1.54, 1.807) is 6.92 Å². The zero-order valence-corrected chi connectivity index (χ0v) is 19.5. The molecule has 7 heteroatoms. The zero-order valence-electron chi connectivity index (χ0n) is 19.5. The van der Waals surface area contributed by atoms with Gasteiger partial charge < -0.3 is 20.5 Å². The fraction of sp³-hybridized carbons (Fsp3) is 0.444. The first-order chi connectivity index (χ1) is 16.5. The molecule has 1 fully saturated rings. The number of benzene rings is 2. The molecular weight excluding hydrogens is 432 g/mol. The summed E-state index contributed by atoms with van der Waals surface area (Å²) in [4.78, 5) is 36.6. The van der Waals surface area contributed by atoms with E-state index in [0.29, 0.717) is 19.4 Å². The Hall–Kier alpha value is -3.35. The second kappa shape index (κ2) is 10.7. The van der Waals surface area contributed by atoms with E-state index in [-0.39, 0.29) is 30.3 Å². The normalized spacial score (nSPS) is 20.0. The van der Waals surface area contributed by atoms with E-state index >= 15 is 0 Å². The van der Waals surface area contributed by atoms with Crippen LogP contribution in [0.4, 0.5) is 4.79 Å². The number of nitrogens with one attached hydrogen (secondary N) is 2. The molecule has 2 aromatic carbocycles. The molecule has 2 aliphatic rings. The van der Waals surface area contributed by atoms with Crippen molar-refractivity contribution in [3.05, 3.63) is 59.7 Å². The molecule has 0 heterocycles. The average molecular weight is 465 g/mol. The minimum Gasteiger partial charge on any atom is -0.480 e. The van der Waals surface area contributed by atoms with Gasteiger partial charge in [0.15, 0.2) is 0 Å². The Morgan fingerprint density at radius 1 is 1.00 bits per heavy atom. The van der Waals surface area contributed by atoms with Crippen LogP contribution in [-0.4, -0.2) is 42.3 Å². The summed E-state index contributed by atoms with van der Waals surface area (Å²) < 4.78 is 5.61. The molecule has 0 saturated heterocycles. The second-order valence-corrected chi connectivity index (χ2v) is 9.17. The SMILES string of the molecule is CCC(NC(=O)[C@@H]1CCCC[C@@H]1CNC(=O)OCC1c2ccccc2-c2ccccc21)C(=O)O. The van der Waals surface area contributed by atoms with Crippen molar-refractivity contribution in [3.8, 4) is 11.1 Å². The highest BCUT2D eigenvalue weighted by Gasteiger charge is 2.33. The Kier molecular flexibility index (Phi) is 7.50. The maximum atomic E-state index is 12.7. The lowest BCUT2D eigenvalue weighted by Gasteiger charge is -2.31. The molecule has 3 atom stereocenters. The van der Waals surface area contributed by atoms with Crippen molar-refractivity contribution in [2.45, 2.75) is 51.0 Å². The van der Waals surface area contributed by atoms with Gasteiger partial charge in [-0.2, -0.15) is 0 Å². The summed E-state index contributed by atoms with van der Waals surface area (Å²) in [6.45, 7) is 2.31. The Balaban J connectivity index is 1.33. The summed E-state index contributed by atoms with van der Waals surface area (Å²) in [6, 6.07) is 15.5. The fourth-order valence-corrected chi connectivity index (χ4v) is 5.28. The van der Waals surface area contributed by atoms with Crippen LogP contribution in [-0.2, 0) is 14.3 Å². The molecule has 4 rings (SSSR count). The molecule has 34 heavy (non-hydrogen) atoms. The van der Waals surface area contributed by atoms with Gasteiger partial charge in [-0.3, -0.25) is 4.79 Å². The number of carboxylic acids is 1. The number of aliphatic carboxylic acids is 1. The van der Waals surface area contributed by atoms with Gasteiger partial charge in [-0.25, -0.2) is 9.59 Å². The Bertz CT molecular complexity index is 1010. The van der Waals surface area contributed by atoms with Crippen LogP contribution in [0.1, 0.15) is 56.1 Å². The lowest BCUT2D eigenvalue weighted by atomic mass is 9.78. The van der Waals surface area contributed by atoms with Gasteiger partial charge in [-0.1, -0.05) is 68.3 Å². The van der Waals surface area contributed by atoms with E-state index in [1.165, 1.54) is 11.1 Å². The standard InChI is InChI=1S/C27H32N2O5/c1-2-24(26(31)32)29-25(30)18-10-4-3-9-17(18)15-28-27(33)34-16-23-21-13-7-5-11-19(21)20-12-6-8-14-22(20)23/h5-8,11-14,17-18,23-24H,2-4,9-10,15-16H2,1H3,(H,28,33)(H,29,30)(H,31,32)/t17-,18-,24?/m1/s1. The van der Waals surface area contributed by atoms with Crippen LogP contribution in [0.5, 0.6) is 0 Å². The molecule has 2 aromatic rings. The van der Waals surface area contributed by atoms with Gasteiger partial charge >= 0.3 is 12.1 Å². The van der Waals surface area contributed by atoms with Crippen molar-refractivity contribution in [2.75, 3.05) is 13.2 Å². The van der Waals surface area contributed by atoms with Crippen molar-refractivity contribution in [1.82, 2.24) is 10.6 Å². The number of carboxylic acid groups (broad SMARTS) is 1. The van der Waals surface area contributed by atoms with Gasteiger partial charge in [0.1, 0.15) is 12.6 Å². The summed E-state index contributed by atoms with van der Waals surface area (Å²) >= 11 is 0. The maximum Gasteiger partial charge on any atom is 0.407 e. The van der Waals surface area contributed by atoms with Crippen LogP contribution in [0.2, 0.25) is 0 Å². The first kappa shape index (κ1) is 23.8. The molecule has 2 amide bonds. The summed E-state index contributed by atoms with van der Waals surface area (Å²) in [7, 11) is 0. The highest BCUT2D eigenvalue weighted by atomic mass is 16.5. The number of carbonyl (C=O) groups excluding carboxylic acids is 2. The number of carbonyl (C=O) groups is 3. The van der Waals surface area contributed by atoms with Crippen LogP contribution in [0, 0.1) is 11.8 Å². The summed E-state index contributed by atoms with van der Waals surface area (Å²) in [6.07, 6.45) is 3.24. The Labute approximate surface area is 199 Å². The average Bonchev–Trinajstić information content (AvgIpc) is 3.18. The van der Waals surface area contributed by atoms with Crippen LogP contribution in [0.15, 0.2) is 48.5 Å². The van der Waals surface area contributed by atoms with E-state index in [2.05, 4.69) is 34.9 Å². The third kappa shape index (κ3) is 5.08. The maximum absolute atomic E-state index is 12.7. The van der Waals surface area contributed by atoms with E-state index in [9.17, 15) is 19.5 Å². The van der Waals surface area contributed by atoms with Crippen molar-refractivity contribution in [3.63, 3.8) is 0 Å². The molecule has 0 aromatic heterocycles. The van der Waals surface area contributed by atoms with Gasteiger partial charge in [-0.05, 0) is 47.4 Å². The first-order valence-corrected chi connectivity index (χ1v) is 12.1. The molecule has 1 saturated carbocycles. The minimum atomic E-state index is -1.03. The van der Waals surface area contributed by atoms with E-state index in [1.807, 2.05) is 24.3 Å². The number of ether oxygens (including phenoxy) is 1. The van der Waals surface area contributed by atoms with Gasteiger partial charge in [0.25, 0.3) is 0 Å². The fourth-order valence-electron chi connectivity index (χ4n) is 5.28. The smallest absolute Gasteiger partial charge is 0.407 e. The monoisotopic (exact) mass is 464 g/mol. The zero-order chi connectivity index (χ0) is 24.1. The third-order valence-electron chi connectivity index (χ3n) is 7.12. The highest BCUT2D eigenvalue weighted by Crippen LogP contribution is 2.44. The molecule has 2 aliphatic carbocycles. The van der Waals surface area contributed by atoms with E-state index < -0.39 is 18.1 Å². The third-order valence-corrected chi connectivity index (χ3v) is 7.12. The number of rotatable bonds is 8. The largest absolute Gasteiger partial charge is 0.480 e. The molecule has 0 radical (unpaired) electrons. The van der Waals surface area contributed by atoms with Crippen molar-refractivity contribution in [2.24, 2.45) is 11.8 Å². The van der Waals surface area contributed by atoms with Gasteiger partial charge in [0.05, 0.1) is 0 Å². The first-order valence-electron chi connectivity index (χ1n) is 12.1. The van der Waals surface area contributed by atoms with Crippen LogP contribution in [0.3, 0.4) is 0 Å². The predicted octanol–water partition coefficient (Wildman–Crippen LogP) is 4.31. The van der Waals surface area contributed by atoms with Crippen LogP contribution >= 0.6 is 0 Å². The Morgan fingerprint density at radius 3 is 2.24 bits per heavy atom. The Morgan fingerprint density at radius 2 is 1.62 bits per heavy atom. The summed E-state index contributed by atoms with van der Waals surface area (Å²) in [5.74, 6) is -1.63. The minimum absolute atomic E-state index is 0.00615. The predicted molar refractivity (Wildman–Crippen MR) is 128 cm³/mol. The van der Waals surface area contributed by atoms with E-state index in [0.717, 1.165) is 30.4 Å². The summed E-state index contributed by atoms with van der Waals surface area (Å²) in [5, 5.41) is 14.7. The number of amides is 2. The lowest BCUT2D eigenvalue weighted by molar-refractivity contribution is -0.143. The number of alkyl carbamates (subject to hydrolysis) is 1. The van der Waals surface area contributed by atoms with Crippen LogP contribution < -0.4 is 10.6 Å². The molecule has 0 aliphatic heterocycles. The molecule has 3 N–H and O–H groups in total. The van der Waals surface area contributed by atoms with Crippen molar-refractivity contribution < 1.29 is 24.2 Å². The molecule has 1 unspecified atom stereocenters. The number of fused-ring (bicyclic) bond motifs is 3. The molecule has 7 nitrogen and oxygen atoms in total. The van der Waals surface area contributed by atoms with E-state index in [4.69, 9.17) is 4.74 Å². The molecule has 0 bridgehead atoms. The quantitative estimate of drug-likeness (QED) is 0.540. The number of hydrogen-bond acceptors (Lipinski definition) is 4. The highest BCUT2D eigenvalue weighted by molar-refractivity contribution is 5.85. The molecule has 180 valence electrons. The topological polar surface area (TPSA) is 105 Å². The summed E-state index contributed by atoms with van der Waals surface area (Å²) in [5.41, 5.74) is 4.67. The lowest BCUT2D eigenvalue weighted by Crippen LogP contribution is -2.47. The van der Waals surface area contributed by atoms with Crippen molar-refractivity contribution in [1.29, 1.82) is 0 Å². The molecule has 0 spiro atoms. The number of hydrogen-bond donors (Lipinski definition) is 3. The van der Waals surface area contributed by atoms with Gasteiger partial charge in [0.2, 0.25) is 5.91 Å². The van der Waals surface area contributed by atoms with Gasteiger partial charge in [-0.15, -0.1) is 0 Å².